The molecule has 1 heterocycles. The highest BCUT2D eigenvalue weighted by atomic mass is 16.2. The summed E-state index contributed by atoms with van der Waals surface area (Å²) in [4.78, 5) is 28.8. The molecule has 2 amide bonds. The summed E-state index contributed by atoms with van der Waals surface area (Å²) < 4.78 is 0. The van der Waals surface area contributed by atoms with Crippen molar-refractivity contribution in [1.82, 2.24) is 9.80 Å². The van der Waals surface area contributed by atoms with Gasteiger partial charge in [0, 0.05) is 29.6 Å². The van der Waals surface area contributed by atoms with E-state index in [-0.39, 0.29) is 11.8 Å². The second kappa shape index (κ2) is 5.29. The first kappa shape index (κ1) is 14.9. The molecule has 4 nitrogen and oxygen atoms in total. The molecule has 1 aliphatic heterocycles. The quantitative estimate of drug-likeness (QED) is 0.511. The van der Waals surface area contributed by atoms with Gasteiger partial charge >= 0.3 is 0 Å². The highest BCUT2D eigenvalue weighted by Crippen LogP contribution is 2.27. The third kappa shape index (κ3) is 2.15. The molecular weight excluding hydrogens is 274 g/mol. The van der Waals surface area contributed by atoms with E-state index in [0.29, 0.717) is 24.2 Å². The summed E-state index contributed by atoms with van der Waals surface area (Å²) in [6.07, 6.45) is 0. The van der Waals surface area contributed by atoms with Crippen LogP contribution < -0.4 is 10.9 Å². The molecule has 0 aliphatic carbocycles. The zero-order chi connectivity index (χ0) is 16.0. The van der Waals surface area contributed by atoms with E-state index in [1.54, 1.807) is 0 Å². The molecule has 0 radical (unpaired) electrons. The molecular formula is C16H18B2N2O2. The van der Waals surface area contributed by atoms with Crippen molar-refractivity contribution in [2.45, 2.75) is 0 Å². The molecule has 0 bridgehead atoms. The molecule has 1 aliphatic rings. The van der Waals surface area contributed by atoms with Crippen LogP contribution in [0.1, 0.15) is 20.7 Å². The number of carbonyl (C=O) groups excluding carboxylic acids is 2. The summed E-state index contributed by atoms with van der Waals surface area (Å²) in [6, 6.07) is 7.62. The topological polar surface area (TPSA) is 40.6 Å². The Labute approximate surface area is 131 Å². The summed E-state index contributed by atoms with van der Waals surface area (Å²) >= 11 is 0. The van der Waals surface area contributed by atoms with Crippen LogP contribution in [0.4, 0.5) is 0 Å². The molecule has 0 saturated heterocycles. The fourth-order valence-corrected chi connectivity index (χ4v) is 3.11. The number of carbonyl (C=O) groups is 2. The molecule has 3 rings (SSSR count). The Morgan fingerprint density at radius 1 is 0.909 bits per heavy atom. The van der Waals surface area contributed by atoms with Gasteiger partial charge in [-0.1, -0.05) is 23.1 Å². The predicted octanol–water partition coefficient (Wildman–Crippen LogP) is -1.49. The standard InChI is InChI=1S/C16H18B2N2O2/c1-19(2)7-8-20-15(21)9-3-5-11(17)14-12(18)6-4-10(13(9)14)16(20)22/h3-6H,7-8,17-18H2,1-2H3. The maximum atomic E-state index is 12.7. The summed E-state index contributed by atoms with van der Waals surface area (Å²) in [5, 5.41) is 1.85. The van der Waals surface area contributed by atoms with Gasteiger partial charge in [-0.15, -0.1) is 0 Å². The van der Waals surface area contributed by atoms with Crippen LogP contribution in [0.3, 0.4) is 0 Å². The highest BCUT2D eigenvalue weighted by Gasteiger charge is 2.33. The Hall–Kier alpha value is -2.07. The van der Waals surface area contributed by atoms with Crippen LogP contribution in [0.15, 0.2) is 24.3 Å². The van der Waals surface area contributed by atoms with Crippen LogP contribution in [0.25, 0.3) is 10.8 Å². The highest BCUT2D eigenvalue weighted by molar-refractivity contribution is 6.49. The van der Waals surface area contributed by atoms with E-state index in [0.717, 1.165) is 21.7 Å². The first-order valence-corrected chi connectivity index (χ1v) is 7.45. The van der Waals surface area contributed by atoms with Crippen LogP contribution >= 0.6 is 0 Å². The first-order valence-electron chi connectivity index (χ1n) is 7.45. The molecule has 0 N–H and O–H groups in total. The molecule has 0 aromatic heterocycles. The van der Waals surface area contributed by atoms with E-state index in [4.69, 9.17) is 0 Å². The molecule has 6 heteroatoms. The van der Waals surface area contributed by atoms with Crippen LogP contribution in [0.5, 0.6) is 0 Å². The van der Waals surface area contributed by atoms with Gasteiger partial charge in [0.1, 0.15) is 15.7 Å². The first-order chi connectivity index (χ1) is 10.4. The summed E-state index contributed by atoms with van der Waals surface area (Å²) in [5.74, 6) is -0.370. The van der Waals surface area contributed by atoms with Crippen LogP contribution in [0, 0.1) is 0 Å². The number of amides is 2. The minimum atomic E-state index is -0.185. The molecule has 2 aromatic carbocycles. The Balaban J connectivity index is 2.20. The number of rotatable bonds is 3. The van der Waals surface area contributed by atoms with Crippen molar-refractivity contribution in [3.63, 3.8) is 0 Å². The minimum Gasteiger partial charge on any atom is -0.308 e. The molecule has 0 fully saturated rings. The number of benzene rings is 2. The lowest BCUT2D eigenvalue weighted by atomic mass is 9.78. The Kier molecular flexibility index (Phi) is 3.57. The molecule has 2 aromatic rings. The lowest BCUT2D eigenvalue weighted by molar-refractivity contribution is 0.0601. The van der Waals surface area contributed by atoms with Gasteiger partial charge in [-0.3, -0.25) is 14.5 Å². The summed E-state index contributed by atoms with van der Waals surface area (Å²) in [5.41, 5.74) is 3.47. The van der Waals surface area contributed by atoms with Gasteiger partial charge in [-0.05, 0) is 31.6 Å². The van der Waals surface area contributed by atoms with Gasteiger partial charge in [0.05, 0.1) is 0 Å². The average molecular weight is 292 g/mol. The van der Waals surface area contributed by atoms with Gasteiger partial charge in [0.2, 0.25) is 0 Å². The minimum absolute atomic E-state index is 0.185. The summed E-state index contributed by atoms with van der Waals surface area (Å²) in [7, 11) is 7.90. The molecule has 0 atom stereocenters. The summed E-state index contributed by atoms with van der Waals surface area (Å²) in [6.45, 7) is 1.07. The Bertz CT molecular complexity index is 746. The number of likely N-dealkylation sites (N-methyl/N-ethyl adjacent to an activating group) is 1. The van der Waals surface area contributed by atoms with Crippen LogP contribution in [-0.2, 0) is 0 Å². The average Bonchev–Trinajstić information content (AvgIpc) is 2.46. The van der Waals surface area contributed by atoms with Gasteiger partial charge in [-0.25, -0.2) is 0 Å². The fourth-order valence-electron chi connectivity index (χ4n) is 3.11. The van der Waals surface area contributed by atoms with Crippen LogP contribution in [-0.4, -0.2) is 64.5 Å². The van der Waals surface area contributed by atoms with E-state index < -0.39 is 0 Å². The van der Waals surface area contributed by atoms with Crippen molar-refractivity contribution in [1.29, 1.82) is 0 Å². The van der Waals surface area contributed by atoms with Gasteiger partial charge in [-0.2, -0.15) is 0 Å². The predicted molar refractivity (Wildman–Crippen MR) is 94.2 cm³/mol. The second-order valence-electron chi connectivity index (χ2n) is 6.18. The third-order valence-electron chi connectivity index (χ3n) is 4.30. The van der Waals surface area contributed by atoms with E-state index in [9.17, 15) is 9.59 Å². The number of nitrogens with zero attached hydrogens (tertiary/aromatic N) is 2. The maximum Gasteiger partial charge on any atom is 0.261 e. The zero-order valence-corrected chi connectivity index (χ0v) is 13.4. The maximum absolute atomic E-state index is 12.7. The number of imide groups is 1. The largest absolute Gasteiger partial charge is 0.308 e. The van der Waals surface area contributed by atoms with E-state index in [1.165, 1.54) is 4.90 Å². The van der Waals surface area contributed by atoms with Crippen molar-refractivity contribution in [3.05, 3.63) is 35.4 Å². The monoisotopic (exact) mass is 292 g/mol. The molecule has 22 heavy (non-hydrogen) atoms. The molecule has 0 saturated carbocycles. The fraction of sp³-hybridized carbons (Fsp3) is 0.250. The van der Waals surface area contributed by atoms with Crippen molar-refractivity contribution >= 4 is 49.2 Å². The van der Waals surface area contributed by atoms with E-state index in [1.807, 2.05) is 59.0 Å². The molecule has 110 valence electrons. The SMILES string of the molecule is Bc1ccc2c3c(ccc(B)c13)C(=O)N(CCN(C)C)C2=O. The van der Waals surface area contributed by atoms with E-state index >= 15 is 0 Å². The van der Waals surface area contributed by atoms with Crippen molar-refractivity contribution in [2.75, 3.05) is 27.2 Å². The smallest absolute Gasteiger partial charge is 0.261 e. The zero-order valence-electron chi connectivity index (χ0n) is 13.4. The van der Waals surface area contributed by atoms with Gasteiger partial charge in [0.25, 0.3) is 11.8 Å². The Morgan fingerprint density at radius 3 is 1.86 bits per heavy atom. The molecule has 0 spiro atoms. The van der Waals surface area contributed by atoms with Crippen molar-refractivity contribution in [2.24, 2.45) is 0 Å². The second-order valence-corrected chi connectivity index (χ2v) is 6.18. The lowest BCUT2D eigenvalue weighted by Gasteiger charge is -2.29. The van der Waals surface area contributed by atoms with E-state index in [2.05, 4.69) is 0 Å². The normalized spacial score (nSPS) is 14.2. The third-order valence-corrected chi connectivity index (χ3v) is 4.30. The Morgan fingerprint density at radius 2 is 1.41 bits per heavy atom. The molecule has 0 unspecified atom stereocenters. The van der Waals surface area contributed by atoms with Gasteiger partial charge in [0.15, 0.2) is 0 Å². The van der Waals surface area contributed by atoms with Crippen molar-refractivity contribution < 1.29 is 9.59 Å². The lowest BCUT2D eigenvalue weighted by Crippen LogP contribution is -2.44. The number of hydrogen-bond acceptors (Lipinski definition) is 3. The number of hydrogen-bond donors (Lipinski definition) is 0. The van der Waals surface area contributed by atoms with Gasteiger partial charge < -0.3 is 4.90 Å². The van der Waals surface area contributed by atoms with Crippen LogP contribution in [0.2, 0.25) is 0 Å². The van der Waals surface area contributed by atoms with Crippen molar-refractivity contribution in [3.8, 4) is 0 Å².